The van der Waals surface area contributed by atoms with Crippen LogP contribution >= 0.6 is 0 Å². The molecule has 0 aliphatic carbocycles. The van der Waals surface area contributed by atoms with Gasteiger partial charge in [-0.1, -0.05) is 5.16 Å². The Labute approximate surface area is 81.0 Å². The van der Waals surface area contributed by atoms with Crippen molar-refractivity contribution in [3.05, 3.63) is 29.8 Å². The van der Waals surface area contributed by atoms with Crippen LogP contribution in [0.25, 0.3) is 11.3 Å². The highest BCUT2D eigenvalue weighted by atomic mass is 16.5. The van der Waals surface area contributed by atoms with E-state index in [1.807, 2.05) is 13.0 Å². The normalized spacial score (nSPS) is 10.4. The second-order valence-electron chi connectivity index (χ2n) is 3.12. The number of phenols is 1. The van der Waals surface area contributed by atoms with E-state index in [4.69, 9.17) is 10.3 Å². The molecule has 1 aromatic heterocycles. The van der Waals surface area contributed by atoms with Gasteiger partial charge in [0.1, 0.15) is 11.4 Å². The van der Waals surface area contributed by atoms with Crippen LogP contribution in [0.15, 0.2) is 28.8 Å². The third kappa shape index (κ3) is 1.42. The number of phenolic OH excluding ortho intramolecular Hbond substituents is 1. The quantitative estimate of drug-likeness (QED) is 0.720. The molecule has 2 aromatic rings. The largest absolute Gasteiger partial charge is 0.508 e. The number of hydrogen-bond donors (Lipinski definition) is 2. The Bertz CT molecular complexity index is 463. The fourth-order valence-electron chi connectivity index (χ4n) is 1.24. The lowest BCUT2D eigenvalue weighted by atomic mass is 10.1. The first-order valence-electron chi connectivity index (χ1n) is 4.19. The maximum absolute atomic E-state index is 9.33. The van der Waals surface area contributed by atoms with Crippen molar-refractivity contribution in [1.82, 2.24) is 5.16 Å². The zero-order valence-electron chi connectivity index (χ0n) is 7.69. The van der Waals surface area contributed by atoms with Crippen molar-refractivity contribution in [3.63, 3.8) is 0 Å². The molecule has 0 saturated carbocycles. The third-order valence-corrected chi connectivity index (χ3v) is 2.02. The highest BCUT2D eigenvalue weighted by Gasteiger charge is 2.05. The molecule has 3 N–H and O–H groups in total. The van der Waals surface area contributed by atoms with Crippen LogP contribution in [0.1, 0.15) is 5.56 Å². The molecular formula is C10H10N2O2. The van der Waals surface area contributed by atoms with E-state index in [1.165, 1.54) is 0 Å². The lowest BCUT2D eigenvalue weighted by molar-refractivity contribution is 0.439. The van der Waals surface area contributed by atoms with Crippen molar-refractivity contribution in [2.75, 3.05) is 5.73 Å². The van der Waals surface area contributed by atoms with Crippen LogP contribution in [0, 0.1) is 6.92 Å². The van der Waals surface area contributed by atoms with Crippen LogP contribution < -0.4 is 5.73 Å². The highest BCUT2D eigenvalue weighted by Crippen LogP contribution is 2.25. The van der Waals surface area contributed by atoms with Crippen molar-refractivity contribution >= 4 is 5.88 Å². The minimum Gasteiger partial charge on any atom is -0.508 e. The summed E-state index contributed by atoms with van der Waals surface area (Å²) in [5.41, 5.74) is 7.75. The van der Waals surface area contributed by atoms with Gasteiger partial charge in [-0.15, -0.1) is 0 Å². The summed E-state index contributed by atoms with van der Waals surface area (Å²) in [6.07, 6.45) is 0. The highest BCUT2D eigenvalue weighted by molar-refractivity contribution is 5.63. The molecule has 0 atom stereocenters. The lowest BCUT2D eigenvalue weighted by Crippen LogP contribution is -1.80. The predicted molar refractivity (Wildman–Crippen MR) is 52.8 cm³/mol. The van der Waals surface area contributed by atoms with Crippen molar-refractivity contribution in [3.8, 4) is 17.0 Å². The molecule has 0 radical (unpaired) electrons. The molecule has 0 unspecified atom stereocenters. The van der Waals surface area contributed by atoms with Crippen LogP contribution in [-0.4, -0.2) is 10.3 Å². The summed E-state index contributed by atoms with van der Waals surface area (Å²) in [5, 5.41) is 13.1. The van der Waals surface area contributed by atoms with E-state index in [0.29, 0.717) is 5.69 Å². The number of nitrogens with zero attached hydrogens (tertiary/aromatic N) is 1. The van der Waals surface area contributed by atoms with Gasteiger partial charge in [0.05, 0.1) is 0 Å². The number of nitrogens with two attached hydrogens (primary N) is 1. The van der Waals surface area contributed by atoms with Crippen LogP contribution in [0.4, 0.5) is 5.88 Å². The molecule has 1 heterocycles. The van der Waals surface area contributed by atoms with Gasteiger partial charge in [0, 0.05) is 11.6 Å². The Morgan fingerprint density at radius 1 is 1.36 bits per heavy atom. The molecule has 4 nitrogen and oxygen atoms in total. The minimum absolute atomic E-state index is 0.269. The maximum atomic E-state index is 9.33. The number of anilines is 1. The third-order valence-electron chi connectivity index (χ3n) is 2.02. The lowest BCUT2D eigenvalue weighted by Gasteiger charge is -1.99. The summed E-state index contributed by atoms with van der Waals surface area (Å²) in [6, 6.07) is 6.85. The molecule has 0 fully saturated rings. The van der Waals surface area contributed by atoms with Gasteiger partial charge in [0.15, 0.2) is 0 Å². The Balaban J connectivity index is 2.47. The molecule has 2 rings (SSSR count). The molecular weight excluding hydrogens is 180 g/mol. The van der Waals surface area contributed by atoms with Gasteiger partial charge < -0.3 is 15.4 Å². The van der Waals surface area contributed by atoms with E-state index in [9.17, 15) is 5.11 Å². The van der Waals surface area contributed by atoms with E-state index in [1.54, 1.807) is 18.2 Å². The molecule has 4 heteroatoms. The van der Waals surface area contributed by atoms with Crippen LogP contribution in [0.3, 0.4) is 0 Å². The molecule has 0 saturated heterocycles. The SMILES string of the molecule is Cc1cc(-c2cc(N)on2)ccc1O. The average Bonchev–Trinajstić information content (AvgIpc) is 2.57. The summed E-state index contributed by atoms with van der Waals surface area (Å²) in [7, 11) is 0. The second-order valence-corrected chi connectivity index (χ2v) is 3.12. The molecule has 0 aliphatic heterocycles. The van der Waals surface area contributed by atoms with E-state index in [2.05, 4.69) is 5.16 Å². The smallest absolute Gasteiger partial charge is 0.222 e. The van der Waals surface area contributed by atoms with Gasteiger partial charge in [0.2, 0.25) is 5.88 Å². The Morgan fingerprint density at radius 3 is 2.71 bits per heavy atom. The van der Waals surface area contributed by atoms with E-state index < -0.39 is 0 Å². The summed E-state index contributed by atoms with van der Waals surface area (Å²) < 4.78 is 4.75. The number of aromatic hydroxyl groups is 1. The minimum atomic E-state index is 0.269. The molecule has 0 amide bonds. The number of nitrogen functional groups attached to an aromatic ring is 1. The summed E-state index contributed by atoms with van der Waals surface area (Å²) in [4.78, 5) is 0. The first-order chi connectivity index (χ1) is 6.66. The van der Waals surface area contributed by atoms with Crippen molar-refractivity contribution in [2.45, 2.75) is 6.92 Å². The molecule has 0 bridgehead atoms. The van der Waals surface area contributed by atoms with Gasteiger partial charge in [-0.05, 0) is 30.7 Å². The van der Waals surface area contributed by atoms with Crippen LogP contribution in [-0.2, 0) is 0 Å². The monoisotopic (exact) mass is 190 g/mol. The first-order valence-corrected chi connectivity index (χ1v) is 4.19. The Kier molecular flexibility index (Phi) is 1.89. The van der Waals surface area contributed by atoms with Gasteiger partial charge in [-0.3, -0.25) is 0 Å². The predicted octanol–water partition coefficient (Wildman–Crippen LogP) is 1.94. The standard InChI is InChI=1S/C10H10N2O2/c1-6-4-7(2-3-9(6)13)8-5-10(11)14-12-8/h2-5,13H,11H2,1H3. The molecule has 14 heavy (non-hydrogen) atoms. The first kappa shape index (κ1) is 8.62. The number of hydrogen-bond acceptors (Lipinski definition) is 4. The van der Waals surface area contributed by atoms with Gasteiger partial charge in [-0.2, -0.15) is 0 Å². The van der Waals surface area contributed by atoms with E-state index >= 15 is 0 Å². The Hall–Kier alpha value is -1.97. The van der Waals surface area contributed by atoms with Crippen molar-refractivity contribution in [1.29, 1.82) is 0 Å². The summed E-state index contributed by atoms with van der Waals surface area (Å²) in [5.74, 6) is 0.552. The van der Waals surface area contributed by atoms with Gasteiger partial charge in [-0.25, -0.2) is 0 Å². The second kappa shape index (κ2) is 3.06. The van der Waals surface area contributed by atoms with Gasteiger partial charge >= 0.3 is 0 Å². The maximum Gasteiger partial charge on any atom is 0.222 e. The molecule has 0 spiro atoms. The fraction of sp³-hybridized carbons (Fsp3) is 0.100. The fourth-order valence-corrected chi connectivity index (χ4v) is 1.24. The van der Waals surface area contributed by atoms with Gasteiger partial charge in [0.25, 0.3) is 0 Å². The topological polar surface area (TPSA) is 72.3 Å². The zero-order valence-corrected chi connectivity index (χ0v) is 7.69. The molecule has 72 valence electrons. The van der Waals surface area contributed by atoms with E-state index in [-0.39, 0.29) is 11.6 Å². The zero-order chi connectivity index (χ0) is 10.1. The summed E-state index contributed by atoms with van der Waals surface area (Å²) in [6.45, 7) is 1.82. The molecule has 0 aliphatic rings. The van der Waals surface area contributed by atoms with E-state index in [0.717, 1.165) is 11.1 Å². The Morgan fingerprint density at radius 2 is 2.14 bits per heavy atom. The average molecular weight is 190 g/mol. The number of rotatable bonds is 1. The molecule has 1 aromatic carbocycles. The van der Waals surface area contributed by atoms with Crippen molar-refractivity contribution in [2.24, 2.45) is 0 Å². The number of benzene rings is 1. The van der Waals surface area contributed by atoms with Crippen LogP contribution in [0.5, 0.6) is 5.75 Å². The van der Waals surface area contributed by atoms with Crippen molar-refractivity contribution < 1.29 is 9.63 Å². The van der Waals surface area contributed by atoms with Crippen LogP contribution in [0.2, 0.25) is 0 Å². The number of aryl methyl sites for hydroxylation is 1. The summed E-state index contributed by atoms with van der Waals surface area (Å²) >= 11 is 0. The number of aromatic nitrogens is 1.